The van der Waals surface area contributed by atoms with Crippen LogP contribution in [0.2, 0.25) is 5.02 Å². The molecule has 0 aliphatic rings. The molecule has 4 aromatic rings. The number of hydrogen-bond acceptors (Lipinski definition) is 1. The molecule has 0 amide bonds. The number of carbonyl (C=O) groups is 1. The zero-order valence-electron chi connectivity index (χ0n) is 15.4. The molecule has 0 saturated heterocycles. The van der Waals surface area contributed by atoms with Gasteiger partial charge >= 0.3 is 0 Å². The van der Waals surface area contributed by atoms with Gasteiger partial charge in [-0.15, -0.1) is 0 Å². The molecule has 0 atom stereocenters. The van der Waals surface area contributed by atoms with Crippen molar-refractivity contribution >= 4 is 28.3 Å². The SMILES string of the molecule is CCCc1c(-c2cccc3[nH]ccc23)[nH]c(C(C)=O)c1-c1ccccc1Cl. The Bertz CT molecular complexity index is 1140. The van der Waals surface area contributed by atoms with Crippen molar-refractivity contribution in [1.29, 1.82) is 0 Å². The number of hydrogen-bond donors (Lipinski definition) is 2. The molecule has 4 heteroatoms. The summed E-state index contributed by atoms with van der Waals surface area (Å²) in [6.07, 6.45) is 3.78. The van der Waals surface area contributed by atoms with Crippen LogP contribution in [-0.4, -0.2) is 15.8 Å². The van der Waals surface area contributed by atoms with Crippen LogP contribution in [0.15, 0.2) is 54.7 Å². The average Bonchev–Trinajstić information content (AvgIpc) is 3.27. The fraction of sp³-hybridized carbons (Fsp3) is 0.174. The number of H-pyrrole nitrogens is 2. The third-order valence-electron chi connectivity index (χ3n) is 4.96. The minimum Gasteiger partial charge on any atom is -0.361 e. The van der Waals surface area contributed by atoms with Crippen molar-refractivity contribution in [3.8, 4) is 22.4 Å². The van der Waals surface area contributed by atoms with Crippen molar-refractivity contribution in [2.24, 2.45) is 0 Å². The molecule has 4 rings (SSSR count). The number of Topliss-reactive ketones (excluding diaryl/α,β-unsaturated/α-hetero) is 1. The van der Waals surface area contributed by atoms with E-state index in [1.165, 1.54) is 0 Å². The number of rotatable bonds is 5. The van der Waals surface area contributed by atoms with Crippen LogP contribution in [0.25, 0.3) is 33.3 Å². The van der Waals surface area contributed by atoms with Gasteiger partial charge in [-0.3, -0.25) is 4.79 Å². The normalized spacial score (nSPS) is 11.2. The summed E-state index contributed by atoms with van der Waals surface area (Å²) in [6.45, 7) is 3.75. The van der Waals surface area contributed by atoms with E-state index < -0.39 is 0 Å². The maximum Gasteiger partial charge on any atom is 0.176 e. The Morgan fingerprint density at radius 3 is 2.56 bits per heavy atom. The summed E-state index contributed by atoms with van der Waals surface area (Å²) in [5, 5.41) is 1.79. The topological polar surface area (TPSA) is 48.6 Å². The maximum atomic E-state index is 12.5. The van der Waals surface area contributed by atoms with E-state index in [0.29, 0.717) is 10.7 Å². The number of nitrogens with one attached hydrogen (secondary N) is 2. The second-order valence-electron chi connectivity index (χ2n) is 6.76. The zero-order chi connectivity index (χ0) is 19.0. The summed E-state index contributed by atoms with van der Waals surface area (Å²) in [5.41, 5.74) is 6.76. The monoisotopic (exact) mass is 376 g/mol. The van der Waals surface area contributed by atoms with Gasteiger partial charge in [-0.05, 0) is 30.2 Å². The first-order valence-corrected chi connectivity index (χ1v) is 9.56. The van der Waals surface area contributed by atoms with Gasteiger partial charge in [0, 0.05) is 45.7 Å². The van der Waals surface area contributed by atoms with Crippen LogP contribution < -0.4 is 0 Å². The van der Waals surface area contributed by atoms with E-state index in [9.17, 15) is 4.79 Å². The summed E-state index contributed by atoms with van der Waals surface area (Å²) in [4.78, 5) is 19.2. The number of aromatic amines is 2. The van der Waals surface area contributed by atoms with Crippen LogP contribution in [0.5, 0.6) is 0 Å². The van der Waals surface area contributed by atoms with Gasteiger partial charge < -0.3 is 9.97 Å². The molecule has 0 bridgehead atoms. The van der Waals surface area contributed by atoms with Crippen LogP contribution in [0.1, 0.15) is 36.3 Å². The summed E-state index contributed by atoms with van der Waals surface area (Å²) in [5.74, 6) is 0.00904. The molecule has 0 fully saturated rings. The third kappa shape index (κ3) is 2.98. The van der Waals surface area contributed by atoms with E-state index in [2.05, 4.69) is 35.1 Å². The Labute approximate surface area is 163 Å². The van der Waals surface area contributed by atoms with Crippen molar-refractivity contribution in [1.82, 2.24) is 9.97 Å². The summed E-state index contributed by atoms with van der Waals surface area (Å²) >= 11 is 6.51. The number of benzene rings is 2. The minimum atomic E-state index is 0.00904. The highest BCUT2D eigenvalue weighted by atomic mass is 35.5. The van der Waals surface area contributed by atoms with Crippen molar-refractivity contribution < 1.29 is 4.79 Å². The molecule has 0 radical (unpaired) electrons. The molecule has 0 spiro atoms. The second kappa shape index (κ2) is 7.09. The highest BCUT2D eigenvalue weighted by Gasteiger charge is 2.24. The van der Waals surface area contributed by atoms with Gasteiger partial charge in [-0.2, -0.15) is 0 Å². The van der Waals surface area contributed by atoms with Gasteiger partial charge in [0.15, 0.2) is 5.78 Å². The number of aromatic nitrogens is 2. The quantitative estimate of drug-likeness (QED) is 0.377. The van der Waals surface area contributed by atoms with E-state index in [-0.39, 0.29) is 5.78 Å². The number of fused-ring (bicyclic) bond motifs is 1. The smallest absolute Gasteiger partial charge is 0.176 e. The van der Waals surface area contributed by atoms with Crippen LogP contribution in [-0.2, 0) is 6.42 Å². The highest BCUT2D eigenvalue weighted by molar-refractivity contribution is 6.33. The lowest BCUT2D eigenvalue weighted by atomic mass is 9.93. The summed E-state index contributed by atoms with van der Waals surface area (Å²) in [6, 6.07) is 16.0. The molecular weight excluding hydrogens is 356 g/mol. The molecule has 3 nitrogen and oxygen atoms in total. The van der Waals surface area contributed by atoms with E-state index in [1.54, 1.807) is 6.92 Å². The molecule has 27 heavy (non-hydrogen) atoms. The van der Waals surface area contributed by atoms with Crippen LogP contribution in [0.3, 0.4) is 0 Å². The van der Waals surface area contributed by atoms with Gasteiger partial charge in [0.05, 0.1) is 11.4 Å². The first-order valence-electron chi connectivity index (χ1n) is 9.19. The molecular formula is C23H21ClN2O. The molecule has 0 unspecified atom stereocenters. The fourth-order valence-corrected chi connectivity index (χ4v) is 4.03. The Hall–Kier alpha value is -2.78. The number of halogens is 1. The maximum absolute atomic E-state index is 12.5. The lowest BCUT2D eigenvalue weighted by Gasteiger charge is -2.10. The lowest BCUT2D eigenvalue weighted by molar-refractivity contribution is 0.101. The first kappa shape index (κ1) is 17.6. The molecule has 2 N–H and O–H groups in total. The highest BCUT2D eigenvalue weighted by Crippen LogP contribution is 2.41. The van der Waals surface area contributed by atoms with Crippen LogP contribution in [0, 0.1) is 0 Å². The molecule has 0 saturated carbocycles. The average molecular weight is 377 g/mol. The molecule has 136 valence electrons. The van der Waals surface area contributed by atoms with E-state index >= 15 is 0 Å². The van der Waals surface area contributed by atoms with Crippen molar-refractivity contribution in [2.45, 2.75) is 26.7 Å². The predicted molar refractivity (Wildman–Crippen MR) is 113 cm³/mol. The van der Waals surface area contributed by atoms with E-state index in [4.69, 9.17) is 11.6 Å². The van der Waals surface area contributed by atoms with Crippen LogP contribution >= 0.6 is 11.6 Å². The van der Waals surface area contributed by atoms with Gasteiger partial charge in [0.1, 0.15) is 0 Å². The number of ketones is 1. The predicted octanol–water partition coefficient (Wildman–Crippen LogP) is 6.64. The van der Waals surface area contributed by atoms with Gasteiger partial charge in [0.25, 0.3) is 0 Å². The van der Waals surface area contributed by atoms with E-state index in [1.807, 2.05) is 36.5 Å². The van der Waals surface area contributed by atoms with Gasteiger partial charge in [-0.25, -0.2) is 0 Å². The van der Waals surface area contributed by atoms with E-state index in [0.717, 1.165) is 51.7 Å². The Morgan fingerprint density at radius 1 is 1.04 bits per heavy atom. The van der Waals surface area contributed by atoms with Crippen molar-refractivity contribution in [3.63, 3.8) is 0 Å². The van der Waals surface area contributed by atoms with Crippen LogP contribution in [0.4, 0.5) is 0 Å². The lowest BCUT2D eigenvalue weighted by Crippen LogP contribution is -1.96. The van der Waals surface area contributed by atoms with Gasteiger partial charge in [0.2, 0.25) is 0 Å². The Morgan fingerprint density at radius 2 is 1.81 bits per heavy atom. The molecule has 0 aliphatic heterocycles. The Kier molecular flexibility index (Phi) is 4.63. The standard InChI is InChI=1S/C23H21ClN2O/c1-3-7-18-21(17-8-4-5-10-19(17)24)22(14(2)27)26-23(18)16-9-6-11-20-15(16)12-13-25-20/h4-6,8-13,25-26H,3,7H2,1-2H3. The summed E-state index contributed by atoms with van der Waals surface area (Å²) in [7, 11) is 0. The Balaban J connectivity index is 2.07. The molecule has 2 aromatic carbocycles. The van der Waals surface area contributed by atoms with Gasteiger partial charge in [-0.1, -0.05) is 55.3 Å². The molecule has 2 heterocycles. The third-order valence-corrected chi connectivity index (χ3v) is 5.29. The van der Waals surface area contributed by atoms with Crippen molar-refractivity contribution in [2.75, 3.05) is 0 Å². The fourth-order valence-electron chi connectivity index (χ4n) is 3.80. The second-order valence-corrected chi connectivity index (χ2v) is 7.17. The zero-order valence-corrected chi connectivity index (χ0v) is 16.2. The summed E-state index contributed by atoms with van der Waals surface area (Å²) < 4.78 is 0. The molecule has 0 aliphatic carbocycles. The first-order chi connectivity index (χ1) is 13.1. The number of carbonyl (C=O) groups excluding carboxylic acids is 1. The molecule has 2 aromatic heterocycles. The largest absolute Gasteiger partial charge is 0.361 e. The van der Waals surface area contributed by atoms with Crippen molar-refractivity contribution in [3.05, 3.63) is 71.0 Å². The minimum absolute atomic E-state index is 0.00904.